The van der Waals surface area contributed by atoms with Crippen LogP contribution in [0.1, 0.15) is 31.8 Å². The maximum Gasteiger partial charge on any atom is 0.261 e. The van der Waals surface area contributed by atoms with E-state index in [1.54, 1.807) is 0 Å². The molecule has 0 aliphatic carbocycles. The number of nitrogens with one attached hydrogen (secondary N) is 1. The first-order chi connectivity index (χ1) is 9.08. The van der Waals surface area contributed by atoms with Crippen molar-refractivity contribution in [2.75, 3.05) is 6.54 Å². The van der Waals surface area contributed by atoms with Gasteiger partial charge in [-0.05, 0) is 31.0 Å². The van der Waals surface area contributed by atoms with Crippen LogP contribution in [0.25, 0.3) is 0 Å². The molecule has 2 N–H and O–H groups in total. The number of rotatable bonds is 4. The molecule has 0 aliphatic rings. The Morgan fingerprint density at radius 3 is 2.58 bits per heavy atom. The number of aliphatic hydroxyl groups excluding tert-OH is 1. The topological polar surface area (TPSA) is 49.3 Å². The number of aryl methyl sites for hydroxylation is 2. The van der Waals surface area contributed by atoms with Crippen LogP contribution in [0.15, 0.2) is 36.4 Å². The lowest BCUT2D eigenvalue weighted by Gasteiger charge is -2.11. The van der Waals surface area contributed by atoms with E-state index in [1.807, 2.05) is 50.2 Å². The summed E-state index contributed by atoms with van der Waals surface area (Å²) in [6.07, 6.45) is -0.674. The van der Waals surface area contributed by atoms with Crippen molar-refractivity contribution >= 4 is 17.2 Å². The minimum absolute atomic E-state index is 0.129. The molecule has 2 aromatic rings. The van der Waals surface area contributed by atoms with Gasteiger partial charge in [0.25, 0.3) is 5.91 Å². The van der Waals surface area contributed by atoms with E-state index in [4.69, 9.17) is 0 Å². The molecule has 4 heteroatoms. The molecule has 0 radical (unpaired) electrons. The van der Waals surface area contributed by atoms with Crippen molar-refractivity contribution < 1.29 is 9.90 Å². The van der Waals surface area contributed by atoms with Gasteiger partial charge in [-0.3, -0.25) is 4.79 Å². The Bertz CT molecular complexity index is 543. The quantitative estimate of drug-likeness (QED) is 0.901. The van der Waals surface area contributed by atoms with Gasteiger partial charge in [0.05, 0.1) is 11.0 Å². The second-order valence-corrected chi connectivity index (χ2v) is 5.74. The zero-order valence-corrected chi connectivity index (χ0v) is 11.8. The van der Waals surface area contributed by atoms with E-state index >= 15 is 0 Å². The lowest BCUT2D eigenvalue weighted by atomic mass is 10.1. The van der Waals surface area contributed by atoms with Crippen LogP contribution in [0.4, 0.5) is 0 Å². The summed E-state index contributed by atoms with van der Waals surface area (Å²) in [4.78, 5) is 13.8. The lowest BCUT2D eigenvalue weighted by molar-refractivity contribution is 0.0920. The SMILES string of the molecule is Cc1cc(C(=O)NCC(O)c2ccccc2)sc1C. The molecule has 1 atom stereocenters. The Morgan fingerprint density at radius 2 is 2.00 bits per heavy atom. The molecule has 0 saturated carbocycles. The Labute approximate surface area is 116 Å². The maximum atomic E-state index is 11.9. The Morgan fingerprint density at radius 1 is 1.32 bits per heavy atom. The summed E-state index contributed by atoms with van der Waals surface area (Å²) < 4.78 is 0. The average Bonchev–Trinajstić information content (AvgIpc) is 2.77. The number of hydrogen-bond acceptors (Lipinski definition) is 3. The molecular weight excluding hydrogens is 258 g/mol. The molecule has 1 amide bonds. The fourth-order valence-corrected chi connectivity index (χ4v) is 2.70. The van der Waals surface area contributed by atoms with Gasteiger partial charge in [-0.2, -0.15) is 0 Å². The molecule has 0 aliphatic heterocycles. The number of hydrogen-bond donors (Lipinski definition) is 2. The smallest absolute Gasteiger partial charge is 0.261 e. The summed E-state index contributed by atoms with van der Waals surface area (Å²) in [5, 5.41) is 12.7. The van der Waals surface area contributed by atoms with Crippen LogP contribution in [-0.2, 0) is 0 Å². The number of thiophene rings is 1. The minimum Gasteiger partial charge on any atom is -0.387 e. The lowest BCUT2D eigenvalue weighted by Crippen LogP contribution is -2.27. The molecule has 1 heterocycles. The average molecular weight is 275 g/mol. The molecule has 0 saturated heterocycles. The monoisotopic (exact) mass is 275 g/mol. The van der Waals surface area contributed by atoms with Gasteiger partial charge in [0.15, 0.2) is 0 Å². The molecule has 100 valence electrons. The number of carbonyl (C=O) groups is 1. The largest absolute Gasteiger partial charge is 0.387 e. The van der Waals surface area contributed by atoms with Crippen molar-refractivity contribution in [1.29, 1.82) is 0 Å². The minimum atomic E-state index is -0.674. The zero-order chi connectivity index (χ0) is 13.8. The van der Waals surface area contributed by atoms with Crippen LogP contribution in [0.5, 0.6) is 0 Å². The fraction of sp³-hybridized carbons (Fsp3) is 0.267. The second-order valence-electron chi connectivity index (χ2n) is 4.49. The van der Waals surface area contributed by atoms with Crippen LogP contribution in [0.3, 0.4) is 0 Å². The first-order valence-electron chi connectivity index (χ1n) is 6.16. The molecule has 0 bridgehead atoms. The van der Waals surface area contributed by atoms with E-state index in [0.29, 0.717) is 4.88 Å². The van der Waals surface area contributed by atoms with Gasteiger partial charge in [0.2, 0.25) is 0 Å². The van der Waals surface area contributed by atoms with Crippen LogP contribution < -0.4 is 5.32 Å². The first-order valence-corrected chi connectivity index (χ1v) is 6.98. The predicted octanol–water partition coefficient (Wildman–Crippen LogP) is 2.83. The molecule has 0 spiro atoms. The van der Waals surface area contributed by atoms with Gasteiger partial charge in [-0.1, -0.05) is 30.3 Å². The molecule has 1 aromatic carbocycles. The number of carbonyl (C=O) groups excluding carboxylic acids is 1. The first kappa shape index (κ1) is 13.8. The van der Waals surface area contributed by atoms with Crippen molar-refractivity contribution in [3.63, 3.8) is 0 Å². The highest BCUT2D eigenvalue weighted by Gasteiger charge is 2.13. The van der Waals surface area contributed by atoms with Gasteiger partial charge < -0.3 is 10.4 Å². The van der Waals surface area contributed by atoms with Gasteiger partial charge in [-0.15, -0.1) is 11.3 Å². The van der Waals surface area contributed by atoms with Crippen LogP contribution in [0.2, 0.25) is 0 Å². The van der Waals surface area contributed by atoms with E-state index in [0.717, 1.165) is 16.0 Å². The Hall–Kier alpha value is -1.65. The van der Waals surface area contributed by atoms with E-state index in [1.165, 1.54) is 11.3 Å². The van der Waals surface area contributed by atoms with Gasteiger partial charge >= 0.3 is 0 Å². The highest BCUT2D eigenvalue weighted by Crippen LogP contribution is 2.20. The zero-order valence-electron chi connectivity index (χ0n) is 11.0. The van der Waals surface area contributed by atoms with E-state index in [2.05, 4.69) is 5.32 Å². The summed E-state index contributed by atoms with van der Waals surface area (Å²) >= 11 is 1.48. The second kappa shape index (κ2) is 5.99. The normalized spacial score (nSPS) is 12.2. The summed E-state index contributed by atoms with van der Waals surface area (Å²) in [6.45, 7) is 4.20. The number of amides is 1. The van der Waals surface area contributed by atoms with Gasteiger partial charge in [0.1, 0.15) is 0 Å². The number of aliphatic hydroxyl groups is 1. The van der Waals surface area contributed by atoms with E-state index in [-0.39, 0.29) is 12.5 Å². The third kappa shape index (κ3) is 3.43. The number of benzene rings is 1. The Kier molecular flexibility index (Phi) is 4.35. The Balaban J connectivity index is 1.94. The highest BCUT2D eigenvalue weighted by molar-refractivity contribution is 7.14. The maximum absolute atomic E-state index is 11.9. The summed E-state index contributed by atoms with van der Waals surface area (Å²) in [6, 6.07) is 11.2. The van der Waals surface area contributed by atoms with Crippen LogP contribution in [-0.4, -0.2) is 17.6 Å². The van der Waals surface area contributed by atoms with Crippen molar-refractivity contribution in [3.05, 3.63) is 57.3 Å². The molecule has 19 heavy (non-hydrogen) atoms. The highest BCUT2D eigenvalue weighted by atomic mass is 32.1. The molecule has 2 rings (SSSR count). The van der Waals surface area contributed by atoms with Gasteiger partial charge in [-0.25, -0.2) is 0 Å². The van der Waals surface area contributed by atoms with Gasteiger partial charge in [0, 0.05) is 11.4 Å². The predicted molar refractivity (Wildman–Crippen MR) is 77.5 cm³/mol. The third-order valence-electron chi connectivity index (χ3n) is 3.03. The van der Waals surface area contributed by atoms with Crippen LogP contribution in [0, 0.1) is 13.8 Å². The van der Waals surface area contributed by atoms with Crippen molar-refractivity contribution in [3.8, 4) is 0 Å². The van der Waals surface area contributed by atoms with Crippen LogP contribution >= 0.6 is 11.3 Å². The third-order valence-corrected chi connectivity index (χ3v) is 4.18. The summed E-state index contributed by atoms with van der Waals surface area (Å²) in [5.41, 5.74) is 1.93. The summed E-state index contributed by atoms with van der Waals surface area (Å²) in [7, 11) is 0. The molecule has 3 nitrogen and oxygen atoms in total. The van der Waals surface area contributed by atoms with Crippen molar-refractivity contribution in [1.82, 2.24) is 5.32 Å². The molecule has 0 fully saturated rings. The standard InChI is InChI=1S/C15H17NO2S/c1-10-8-14(19-11(10)2)15(18)16-9-13(17)12-6-4-3-5-7-12/h3-8,13,17H,9H2,1-2H3,(H,16,18). The van der Waals surface area contributed by atoms with Crippen molar-refractivity contribution in [2.45, 2.75) is 20.0 Å². The summed E-state index contributed by atoms with van der Waals surface area (Å²) in [5.74, 6) is -0.129. The van der Waals surface area contributed by atoms with E-state index < -0.39 is 6.10 Å². The van der Waals surface area contributed by atoms with E-state index in [9.17, 15) is 9.90 Å². The fourth-order valence-electron chi connectivity index (χ4n) is 1.75. The molecule has 1 unspecified atom stereocenters. The molecule has 1 aromatic heterocycles. The van der Waals surface area contributed by atoms with Crippen molar-refractivity contribution in [2.24, 2.45) is 0 Å². The molecular formula is C15H17NO2S.